The van der Waals surface area contributed by atoms with Gasteiger partial charge in [-0.15, -0.1) is 0 Å². The summed E-state index contributed by atoms with van der Waals surface area (Å²) in [4.78, 5) is -0.139. The van der Waals surface area contributed by atoms with E-state index in [1.54, 1.807) is 0 Å². The maximum Gasteiger partial charge on any atom is 0.172 e. The van der Waals surface area contributed by atoms with Crippen LogP contribution in [-0.2, 0) is 19.7 Å². The van der Waals surface area contributed by atoms with Gasteiger partial charge in [-0.1, -0.05) is 0 Å². The van der Waals surface area contributed by atoms with E-state index in [2.05, 4.69) is 0 Å². The SMILES string of the molecule is C/C(=C/S(C)(=O)=O)S(C)(=O)=O. The summed E-state index contributed by atoms with van der Waals surface area (Å²) in [6.45, 7) is 1.25. The second-order valence-corrected chi connectivity index (χ2v) is 6.41. The van der Waals surface area contributed by atoms with Crippen molar-refractivity contribution in [3.63, 3.8) is 0 Å². The van der Waals surface area contributed by atoms with Crippen LogP contribution in [0.1, 0.15) is 6.92 Å². The fourth-order valence-corrected chi connectivity index (χ4v) is 2.22. The van der Waals surface area contributed by atoms with Gasteiger partial charge >= 0.3 is 0 Å². The normalized spacial score (nSPS) is 15.0. The lowest BCUT2D eigenvalue weighted by Crippen LogP contribution is -2.00. The van der Waals surface area contributed by atoms with Crippen molar-refractivity contribution in [3.8, 4) is 0 Å². The van der Waals surface area contributed by atoms with Gasteiger partial charge in [-0.25, -0.2) is 16.8 Å². The van der Waals surface area contributed by atoms with Gasteiger partial charge in [0.1, 0.15) is 0 Å². The Morgan fingerprint density at radius 2 is 1.45 bits per heavy atom. The van der Waals surface area contributed by atoms with Gasteiger partial charge in [-0.2, -0.15) is 0 Å². The lowest BCUT2D eigenvalue weighted by Gasteiger charge is -1.94. The third-order valence-corrected chi connectivity index (χ3v) is 3.18. The smallest absolute Gasteiger partial charge is 0.172 e. The highest BCUT2D eigenvalue weighted by Crippen LogP contribution is 2.04. The van der Waals surface area contributed by atoms with Crippen LogP contribution in [-0.4, -0.2) is 29.3 Å². The highest BCUT2D eigenvalue weighted by molar-refractivity contribution is 7.97. The average Bonchev–Trinajstić information content (AvgIpc) is 1.56. The van der Waals surface area contributed by atoms with E-state index < -0.39 is 19.7 Å². The van der Waals surface area contributed by atoms with E-state index in [4.69, 9.17) is 0 Å². The van der Waals surface area contributed by atoms with E-state index in [0.29, 0.717) is 0 Å². The zero-order chi connectivity index (χ0) is 9.28. The molecule has 0 rings (SSSR count). The first-order valence-electron chi connectivity index (χ1n) is 2.71. The van der Waals surface area contributed by atoms with Gasteiger partial charge in [0.2, 0.25) is 0 Å². The van der Waals surface area contributed by atoms with Crippen molar-refractivity contribution in [2.75, 3.05) is 12.5 Å². The monoisotopic (exact) mass is 198 g/mol. The molecule has 0 saturated carbocycles. The number of hydrogen-bond donors (Lipinski definition) is 0. The molecular formula is C5H10O4S2. The molecule has 0 aliphatic carbocycles. The van der Waals surface area contributed by atoms with Gasteiger partial charge in [-0.05, 0) is 6.92 Å². The summed E-state index contributed by atoms with van der Waals surface area (Å²) in [6, 6.07) is 0. The molecule has 0 aromatic carbocycles. The molecule has 0 aromatic rings. The van der Waals surface area contributed by atoms with E-state index in [0.717, 1.165) is 17.9 Å². The van der Waals surface area contributed by atoms with Crippen molar-refractivity contribution >= 4 is 19.7 Å². The Hall–Kier alpha value is -0.360. The fourth-order valence-electron chi connectivity index (χ4n) is 0.389. The van der Waals surface area contributed by atoms with E-state index in [-0.39, 0.29) is 4.91 Å². The maximum atomic E-state index is 10.7. The Bertz CT molecular complexity index is 357. The Balaban J connectivity index is 5.11. The van der Waals surface area contributed by atoms with Gasteiger partial charge in [0.05, 0.1) is 4.91 Å². The van der Waals surface area contributed by atoms with Crippen LogP contribution in [0.5, 0.6) is 0 Å². The third-order valence-electron chi connectivity index (χ3n) is 0.965. The molecule has 66 valence electrons. The van der Waals surface area contributed by atoms with Crippen molar-refractivity contribution in [2.24, 2.45) is 0 Å². The molecule has 0 N–H and O–H groups in total. The molecule has 0 aliphatic rings. The van der Waals surface area contributed by atoms with Gasteiger partial charge in [0.25, 0.3) is 0 Å². The molecule has 0 aliphatic heterocycles. The summed E-state index contributed by atoms with van der Waals surface area (Å²) in [5.41, 5.74) is 0. The quantitative estimate of drug-likeness (QED) is 0.623. The zero-order valence-electron chi connectivity index (χ0n) is 6.53. The van der Waals surface area contributed by atoms with Crippen LogP contribution in [0, 0.1) is 0 Å². The molecular weight excluding hydrogens is 188 g/mol. The lowest BCUT2D eigenvalue weighted by molar-refractivity contribution is 0.604. The Morgan fingerprint density at radius 1 is 1.09 bits per heavy atom. The number of rotatable bonds is 2. The minimum Gasteiger partial charge on any atom is -0.225 e. The van der Waals surface area contributed by atoms with Gasteiger partial charge < -0.3 is 0 Å². The molecule has 0 bridgehead atoms. The molecule has 0 atom stereocenters. The number of hydrogen-bond acceptors (Lipinski definition) is 4. The van der Waals surface area contributed by atoms with Crippen molar-refractivity contribution < 1.29 is 16.8 Å². The van der Waals surface area contributed by atoms with Crippen molar-refractivity contribution in [2.45, 2.75) is 6.92 Å². The van der Waals surface area contributed by atoms with Gasteiger partial charge in [0, 0.05) is 17.9 Å². The fraction of sp³-hybridized carbons (Fsp3) is 0.600. The van der Waals surface area contributed by atoms with Crippen LogP contribution in [0.4, 0.5) is 0 Å². The summed E-state index contributed by atoms with van der Waals surface area (Å²) < 4.78 is 42.4. The second-order valence-electron chi connectivity index (χ2n) is 2.33. The van der Waals surface area contributed by atoms with E-state index in [9.17, 15) is 16.8 Å². The molecule has 0 fully saturated rings. The lowest BCUT2D eigenvalue weighted by atomic mass is 10.8. The van der Waals surface area contributed by atoms with Crippen molar-refractivity contribution in [1.82, 2.24) is 0 Å². The molecule has 11 heavy (non-hydrogen) atoms. The van der Waals surface area contributed by atoms with Crippen molar-refractivity contribution in [1.29, 1.82) is 0 Å². The summed E-state index contributed by atoms with van der Waals surface area (Å²) in [5.74, 6) is 0. The zero-order valence-corrected chi connectivity index (χ0v) is 8.16. The Kier molecular flexibility index (Phi) is 2.85. The Labute approximate surface area is 66.8 Å². The Morgan fingerprint density at radius 3 is 1.55 bits per heavy atom. The first-order valence-corrected chi connectivity index (χ1v) is 6.56. The largest absolute Gasteiger partial charge is 0.225 e. The molecule has 0 heterocycles. The minimum absolute atomic E-state index is 0.139. The van der Waals surface area contributed by atoms with Crippen LogP contribution < -0.4 is 0 Å². The molecule has 0 spiro atoms. The molecule has 0 amide bonds. The van der Waals surface area contributed by atoms with Crippen LogP contribution in [0.15, 0.2) is 10.3 Å². The number of allylic oxidation sites excluding steroid dienone is 1. The molecule has 0 saturated heterocycles. The van der Waals surface area contributed by atoms with E-state index in [1.165, 1.54) is 6.92 Å². The predicted octanol–water partition coefficient (Wildman–Crippen LogP) is -0.0631. The highest BCUT2D eigenvalue weighted by atomic mass is 32.2. The molecule has 4 nitrogen and oxygen atoms in total. The van der Waals surface area contributed by atoms with Crippen LogP contribution >= 0.6 is 0 Å². The average molecular weight is 198 g/mol. The first-order chi connectivity index (χ1) is 4.63. The van der Waals surface area contributed by atoms with E-state index >= 15 is 0 Å². The first kappa shape index (κ1) is 10.6. The standard InChI is InChI=1S/C5H10O4S2/c1-5(11(3,8)9)4-10(2,6)7/h4H,1-3H3/b5-4-. The summed E-state index contributed by atoms with van der Waals surface area (Å²) in [6.07, 6.45) is 1.91. The highest BCUT2D eigenvalue weighted by Gasteiger charge is 2.07. The maximum absolute atomic E-state index is 10.7. The summed E-state index contributed by atoms with van der Waals surface area (Å²) in [7, 11) is -6.70. The molecule has 0 radical (unpaired) electrons. The van der Waals surface area contributed by atoms with Gasteiger partial charge in [-0.3, -0.25) is 0 Å². The van der Waals surface area contributed by atoms with Gasteiger partial charge in [0.15, 0.2) is 19.7 Å². The summed E-state index contributed by atoms with van der Waals surface area (Å²) >= 11 is 0. The van der Waals surface area contributed by atoms with Crippen LogP contribution in [0.25, 0.3) is 0 Å². The topological polar surface area (TPSA) is 68.3 Å². The van der Waals surface area contributed by atoms with E-state index in [1.807, 2.05) is 0 Å². The van der Waals surface area contributed by atoms with Crippen LogP contribution in [0.3, 0.4) is 0 Å². The number of sulfone groups is 2. The molecule has 0 aromatic heterocycles. The second kappa shape index (κ2) is 2.94. The van der Waals surface area contributed by atoms with Crippen LogP contribution in [0.2, 0.25) is 0 Å². The molecule has 6 heteroatoms. The minimum atomic E-state index is -3.35. The predicted molar refractivity (Wildman–Crippen MR) is 43.4 cm³/mol. The summed E-state index contributed by atoms with van der Waals surface area (Å²) in [5, 5.41) is 0.738. The third kappa shape index (κ3) is 4.97. The molecule has 0 unspecified atom stereocenters. The van der Waals surface area contributed by atoms with Crippen molar-refractivity contribution in [3.05, 3.63) is 10.3 Å².